The molecule has 0 unspecified atom stereocenters. The van der Waals surface area contributed by atoms with Gasteiger partial charge in [-0.1, -0.05) is 51.8 Å². The number of ether oxygens (including phenoxy) is 2. The summed E-state index contributed by atoms with van der Waals surface area (Å²) in [4.78, 5) is 27.0. The highest BCUT2D eigenvalue weighted by Gasteiger charge is 2.35. The van der Waals surface area contributed by atoms with Crippen LogP contribution in [0, 0.1) is 12.8 Å². The van der Waals surface area contributed by atoms with Gasteiger partial charge in [-0.25, -0.2) is 5.43 Å². The van der Waals surface area contributed by atoms with Crippen LogP contribution >= 0.6 is 15.9 Å². The van der Waals surface area contributed by atoms with E-state index >= 15 is 0 Å². The summed E-state index contributed by atoms with van der Waals surface area (Å²) in [7, 11) is 0. The third-order valence-corrected chi connectivity index (χ3v) is 6.87. The Kier molecular flexibility index (Phi) is 9.54. The fourth-order valence-corrected chi connectivity index (χ4v) is 4.61. The lowest BCUT2D eigenvalue weighted by Gasteiger charge is -2.17. The molecule has 1 fully saturated rings. The number of hydrogen-bond acceptors (Lipinski definition) is 5. The monoisotopic (exact) mass is 589 g/mol. The maximum atomic E-state index is 12.8. The Labute approximate surface area is 237 Å². The second-order valence-corrected chi connectivity index (χ2v) is 10.2. The molecule has 4 rings (SSSR count). The van der Waals surface area contributed by atoms with E-state index in [1.54, 1.807) is 17.2 Å². The van der Waals surface area contributed by atoms with Crippen LogP contribution in [0.3, 0.4) is 0 Å². The molecule has 1 aliphatic rings. The molecule has 2 amide bonds. The molecule has 202 valence electrons. The molecule has 1 atom stereocenters. The highest BCUT2D eigenvalue weighted by Crippen LogP contribution is 2.34. The third-order valence-electron chi connectivity index (χ3n) is 6.34. The van der Waals surface area contributed by atoms with Gasteiger partial charge in [0, 0.05) is 28.7 Å². The van der Waals surface area contributed by atoms with E-state index in [9.17, 15) is 9.59 Å². The Bertz CT molecular complexity index is 1350. The van der Waals surface area contributed by atoms with Crippen molar-refractivity contribution in [3.05, 3.63) is 100 Å². The van der Waals surface area contributed by atoms with Crippen LogP contribution in [-0.4, -0.2) is 31.2 Å². The number of amides is 2. The first-order valence-corrected chi connectivity index (χ1v) is 13.6. The summed E-state index contributed by atoms with van der Waals surface area (Å²) < 4.78 is 13.1. The molecule has 1 aliphatic heterocycles. The second kappa shape index (κ2) is 13.2. The summed E-state index contributed by atoms with van der Waals surface area (Å²) in [5.74, 6) is 0.413. The minimum Gasteiger partial charge on any atom is -0.490 e. The molecule has 0 aromatic heterocycles. The molecule has 1 N–H and O–H groups in total. The van der Waals surface area contributed by atoms with Gasteiger partial charge in [0.15, 0.2) is 11.5 Å². The molecule has 39 heavy (non-hydrogen) atoms. The summed E-state index contributed by atoms with van der Waals surface area (Å²) in [6, 6.07) is 19.4. The molecule has 1 saturated heterocycles. The van der Waals surface area contributed by atoms with Crippen LogP contribution in [0.25, 0.3) is 0 Å². The number of allylic oxidation sites excluding steroid dienone is 1. The summed E-state index contributed by atoms with van der Waals surface area (Å²) in [5.41, 5.74) is 7.19. The Hall–Kier alpha value is -3.91. The SMILES string of the molecule is C=CCc1cc(/C=N/NC(=O)[C@@H]2CC(=O)N(c3ccc(C)cc3)C2)cc(OCC)c1OCc1ccc(Br)cc1. The Morgan fingerprint density at radius 3 is 2.59 bits per heavy atom. The molecule has 8 heteroatoms. The van der Waals surface area contributed by atoms with Gasteiger partial charge >= 0.3 is 0 Å². The zero-order valence-electron chi connectivity index (χ0n) is 22.2. The van der Waals surface area contributed by atoms with Crippen molar-refractivity contribution in [1.82, 2.24) is 5.43 Å². The molecular formula is C31H32BrN3O4. The summed E-state index contributed by atoms with van der Waals surface area (Å²) in [6.45, 7) is 8.96. The summed E-state index contributed by atoms with van der Waals surface area (Å²) in [5, 5.41) is 4.17. The van der Waals surface area contributed by atoms with Crippen molar-refractivity contribution in [3.63, 3.8) is 0 Å². The number of hydrogen-bond donors (Lipinski definition) is 1. The van der Waals surface area contributed by atoms with Crippen molar-refractivity contribution >= 4 is 39.6 Å². The highest BCUT2D eigenvalue weighted by atomic mass is 79.9. The van der Waals surface area contributed by atoms with E-state index in [2.05, 4.69) is 33.0 Å². The minimum atomic E-state index is -0.472. The average molecular weight is 591 g/mol. The molecule has 3 aromatic carbocycles. The van der Waals surface area contributed by atoms with E-state index in [4.69, 9.17) is 9.47 Å². The predicted molar refractivity (Wildman–Crippen MR) is 157 cm³/mol. The number of rotatable bonds is 11. The molecule has 0 aliphatic carbocycles. The van der Waals surface area contributed by atoms with Gasteiger partial charge in [-0.15, -0.1) is 6.58 Å². The molecule has 0 bridgehead atoms. The van der Waals surface area contributed by atoms with E-state index in [1.165, 1.54) is 0 Å². The molecule has 7 nitrogen and oxygen atoms in total. The zero-order chi connectivity index (χ0) is 27.8. The number of hydrazone groups is 1. The van der Waals surface area contributed by atoms with Crippen LogP contribution in [0.15, 0.2) is 82.9 Å². The van der Waals surface area contributed by atoms with E-state index < -0.39 is 5.92 Å². The number of carbonyl (C=O) groups excluding carboxylic acids is 2. The van der Waals surface area contributed by atoms with Gasteiger partial charge in [0.2, 0.25) is 11.8 Å². The number of nitrogens with zero attached hydrogens (tertiary/aromatic N) is 2. The van der Waals surface area contributed by atoms with Crippen LogP contribution in [-0.2, 0) is 22.6 Å². The van der Waals surface area contributed by atoms with Crippen molar-refractivity contribution in [2.45, 2.75) is 33.3 Å². The number of halogens is 1. The van der Waals surface area contributed by atoms with Crippen molar-refractivity contribution in [3.8, 4) is 11.5 Å². The average Bonchev–Trinajstić information content (AvgIpc) is 3.31. The van der Waals surface area contributed by atoms with Gasteiger partial charge in [-0.2, -0.15) is 5.10 Å². The zero-order valence-corrected chi connectivity index (χ0v) is 23.7. The second-order valence-electron chi connectivity index (χ2n) is 9.32. The van der Waals surface area contributed by atoms with Crippen LogP contribution in [0.2, 0.25) is 0 Å². The van der Waals surface area contributed by atoms with Crippen LogP contribution < -0.4 is 19.8 Å². The molecule has 3 aromatic rings. The normalized spacial score (nSPS) is 15.0. The Morgan fingerprint density at radius 2 is 1.90 bits per heavy atom. The van der Waals surface area contributed by atoms with E-state index in [-0.39, 0.29) is 18.2 Å². The number of benzene rings is 3. The molecule has 0 spiro atoms. The van der Waals surface area contributed by atoms with Gasteiger partial charge in [-0.3, -0.25) is 9.59 Å². The maximum absolute atomic E-state index is 12.8. The Morgan fingerprint density at radius 1 is 1.15 bits per heavy atom. The maximum Gasteiger partial charge on any atom is 0.245 e. The van der Waals surface area contributed by atoms with E-state index in [0.717, 1.165) is 32.4 Å². The smallest absolute Gasteiger partial charge is 0.245 e. The number of carbonyl (C=O) groups is 2. The lowest BCUT2D eigenvalue weighted by molar-refractivity contribution is -0.126. The first-order chi connectivity index (χ1) is 18.9. The standard InChI is InChI=1S/C31H32BrN3O4/c1-4-6-24-15-23(16-28(38-5-2)30(24)39-20-22-9-11-26(32)12-10-22)18-33-34-31(37)25-17-29(36)35(19-25)27-13-7-21(3)8-14-27/h4,7-16,18,25H,1,5-6,17,19-20H2,2-3H3,(H,34,37)/b33-18+/t25-/m1/s1. The topological polar surface area (TPSA) is 80.2 Å². The fourth-order valence-electron chi connectivity index (χ4n) is 4.35. The van der Waals surface area contributed by atoms with Crippen molar-refractivity contribution in [2.24, 2.45) is 11.0 Å². The highest BCUT2D eigenvalue weighted by molar-refractivity contribution is 9.10. The molecular weight excluding hydrogens is 558 g/mol. The molecule has 1 heterocycles. The van der Waals surface area contributed by atoms with E-state index in [0.29, 0.717) is 37.7 Å². The van der Waals surface area contributed by atoms with Gasteiger partial charge in [-0.05, 0) is 67.8 Å². The molecule has 0 saturated carbocycles. The van der Waals surface area contributed by atoms with Gasteiger partial charge < -0.3 is 14.4 Å². The predicted octanol–water partition coefficient (Wildman–Crippen LogP) is 5.97. The van der Waals surface area contributed by atoms with Gasteiger partial charge in [0.05, 0.1) is 18.7 Å². The summed E-state index contributed by atoms with van der Waals surface area (Å²) >= 11 is 3.45. The third kappa shape index (κ3) is 7.35. The first kappa shape index (κ1) is 28.1. The summed E-state index contributed by atoms with van der Waals surface area (Å²) in [6.07, 6.45) is 4.09. The first-order valence-electron chi connectivity index (χ1n) is 12.9. The van der Waals surface area contributed by atoms with Crippen molar-refractivity contribution in [1.29, 1.82) is 0 Å². The largest absolute Gasteiger partial charge is 0.490 e. The quantitative estimate of drug-likeness (QED) is 0.170. The van der Waals surface area contributed by atoms with Crippen LogP contribution in [0.4, 0.5) is 5.69 Å². The van der Waals surface area contributed by atoms with Crippen molar-refractivity contribution < 1.29 is 19.1 Å². The van der Waals surface area contributed by atoms with Crippen LogP contribution in [0.5, 0.6) is 11.5 Å². The van der Waals surface area contributed by atoms with Crippen LogP contribution in [0.1, 0.15) is 35.6 Å². The lowest BCUT2D eigenvalue weighted by Crippen LogP contribution is -2.30. The Balaban J connectivity index is 1.44. The number of aryl methyl sites for hydroxylation is 1. The molecule has 0 radical (unpaired) electrons. The minimum absolute atomic E-state index is 0.0721. The van der Waals surface area contributed by atoms with E-state index in [1.807, 2.05) is 74.5 Å². The van der Waals surface area contributed by atoms with Crippen molar-refractivity contribution in [2.75, 3.05) is 18.1 Å². The number of nitrogens with one attached hydrogen (secondary N) is 1. The van der Waals surface area contributed by atoms with Gasteiger partial charge in [0.1, 0.15) is 6.61 Å². The van der Waals surface area contributed by atoms with Gasteiger partial charge in [0.25, 0.3) is 0 Å². The number of anilines is 1. The lowest BCUT2D eigenvalue weighted by atomic mass is 10.1. The fraction of sp³-hybridized carbons (Fsp3) is 0.258.